The summed E-state index contributed by atoms with van der Waals surface area (Å²) in [5.41, 5.74) is 1.79. The van der Waals surface area contributed by atoms with Gasteiger partial charge < -0.3 is 9.32 Å². The van der Waals surface area contributed by atoms with Crippen LogP contribution >= 0.6 is 0 Å². The average molecular weight is 336 g/mol. The van der Waals surface area contributed by atoms with Gasteiger partial charge in [-0.2, -0.15) is 4.31 Å². The molecule has 0 radical (unpaired) electrons. The van der Waals surface area contributed by atoms with E-state index in [1.54, 1.807) is 17.9 Å². The summed E-state index contributed by atoms with van der Waals surface area (Å²) in [6, 6.07) is 7.52. The SMILES string of the molecule is CCS(=O)(=O)N1CCN(C(=O)c2cc3cc(C)ccc3o2)CC1. The molecule has 0 aliphatic carbocycles. The van der Waals surface area contributed by atoms with Crippen LogP contribution in [0.5, 0.6) is 0 Å². The van der Waals surface area contributed by atoms with Gasteiger partial charge in [0.25, 0.3) is 5.91 Å². The van der Waals surface area contributed by atoms with E-state index in [9.17, 15) is 13.2 Å². The Kier molecular flexibility index (Phi) is 4.16. The third kappa shape index (κ3) is 3.11. The van der Waals surface area contributed by atoms with Gasteiger partial charge in [0.1, 0.15) is 5.58 Å². The fourth-order valence-corrected chi connectivity index (χ4v) is 3.86. The molecule has 1 aliphatic rings. The van der Waals surface area contributed by atoms with Crippen LogP contribution in [0, 0.1) is 6.92 Å². The Bertz CT molecular complexity index is 833. The van der Waals surface area contributed by atoms with E-state index in [1.807, 2.05) is 25.1 Å². The number of fused-ring (bicyclic) bond motifs is 1. The average Bonchev–Trinajstić information content (AvgIpc) is 2.97. The molecule has 0 bridgehead atoms. The van der Waals surface area contributed by atoms with Gasteiger partial charge >= 0.3 is 0 Å². The number of hydrogen-bond donors (Lipinski definition) is 0. The van der Waals surface area contributed by atoms with Gasteiger partial charge in [-0.15, -0.1) is 0 Å². The lowest BCUT2D eigenvalue weighted by atomic mass is 10.2. The monoisotopic (exact) mass is 336 g/mol. The highest BCUT2D eigenvalue weighted by Gasteiger charge is 2.29. The zero-order chi connectivity index (χ0) is 16.6. The van der Waals surface area contributed by atoms with Crippen molar-refractivity contribution in [1.82, 2.24) is 9.21 Å². The first-order chi connectivity index (χ1) is 10.9. The van der Waals surface area contributed by atoms with Crippen LogP contribution in [0.4, 0.5) is 0 Å². The van der Waals surface area contributed by atoms with E-state index in [2.05, 4.69) is 0 Å². The standard InChI is InChI=1S/C16H20N2O4S/c1-3-23(20,21)18-8-6-17(7-9-18)16(19)15-11-13-10-12(2)4-5-14(13)22-15/h4-5,10-11H,3,6-9H2,1-2H3. The van der Waals surface area contributed by atoms with Crippen molar-refractivity contribution in [3.63, 3.8) is 0 Å². The molecule has 0 unspecified atom stereocenters. The highest BCUT2D eigenvalue weighted by atomic mass is 32.2. The van der Waals surface area contributed by atoms with Crippen LogP contribution in [0.25, 0.3) is 11.0 Å². The van der Waals surface area contributed by atoms with Crippen molar-refractivity contribution >= 4 is 26.9 Å². The fourth-order valence-electron chi connectivity index (χ4n) is 2.78. The van der Waals surface area contributed by atoms with Gasteiger partial charge in [0.15, 0.2) is 5.76 Å². The number of hydrogen-bond acceptors (Lipinski definition) is 4. The first kappa shape index (κ1) is 16.0. The second-order valence-electron chi connectivity index (χ2n) is 5.74. The van der Waals surface area contributed by atoms with E-state index in [0.29, 0.717) is 37.5 Å². The third-order valence-corrected chi connectivity index (χ3v) is 6.05. The van der Waals surface area contributed by atoms with Crippen LogP contribution < -0.4 is 0 Å². The van der Waals surface area contributed by atoms with Gasteiger partial charge in [-0.3, -0.25) is 4.79 Å². The number of benzene rings is 1. The van der Waals surface area contributed by atoms with Crippen molar-refractivity contribution in [1.29, 1.82) is 0 Å². The number of furan rings is 1. The molecule has 1 saturated heterocycles. The van der Waals surface area contributed by atoms with Gasteiger partial charge in [-0.1, -0.05) is 11.6 Å². The molecular formula is C16H20N2O4S. The lowest BCUT2D eigenvalue weighted by Crippen LogP contribution is -2.50. The van der Waals surface area contributed by atoms with Crippen LogP contribution in [0.3, 0.4) is 0 Å². The Morgan fingerprint density at radius 3 is 2.52 bits per heavy atom. The molecule has 1 amide bonds. The maximum atomic E-state index is 12.5. The molecule has 0 N–H and O–H groups in total. The quantitative estimate of drug-likeness (QED) is 0.857. The van der Waals surface area contributed by atoms with Crippen LogP contribution in [0.1, 0.15) is 23.0 Å². The highest BCUT2D eigenvalue weighted by molar-refractivity contribution is 7.89. The Morgan fingerprint density at radius 2 is 1.87 bits per heavy atom. The van der Waals surface area contributed by atoms with Crippen molar-refractivity contribution in [2.75, 3.05) is 31.9 Å². The third-order valence-electron chi connectivity index (χ3n) is 4.17. The topological polar surface area (TPSA) is 70.8 Å². The lowest BCUT2D eigenvalue weighted by Gasteiger charge is -2.33. The van der Waals surface area contributed by atoms with Crippen molar-refractivity contribution in [3.8, 4) is 0 Å². The smallest absolute Gasteiger partial charge is 0.289 e. The Balaban J connectivity index is 1.74. The predicted molar refractivity (Wildman–Crippen MR) is 87.9 cm³/mol. The summed E-state index contributed by atoms with van der Waals surface area (Å²) in [6.07, 6.45) is 0. The van der Waals surface area contributed by atoms with Crippen molar-refractivity contribution in [3.05, 3.63) is 35.6 Å². The van der Waals surface area contributed by atoms with E-state index in [4.69, 9.17) is 4.42 Å². The summed E-state index contributed by atoms with van der Waals surface area (Å²) in [4.78, 5) is 14.2. The van der Waals surface area contributed by atoms with Gasteiger partial charge in [0.2, 0.25) is 10.0 Å². The minimum Gasteiger partial charge on any atom is -0.451 e. The Morgan fingerprint density at radius 1 is 1.17 bits per heavy atom. The fraction of sp³-hybridized carbons (Fsp3) is 0.438. The maximum absolute atomic E-state index is 12.5. The van der Waals surface area contributed by atoms with Gasteiger partial charge in [-0.25, -0.2) is 8.42 Å². The highest BCUT2D eigenvalue weighted by Crippen LogP contribution is 2.22. The number of carbonyl (C=O) groups is 1. The normalized spacial score (nSPS) is 16.9. The summed E-state index contributed by atoms with van der Waals surface area (Å²) in [7, 11) is -3.19. The van der Waals surface area contributed by atoms with Crippen LogP contribution in [-0.4, -0.2) is 55.5 Å². The molecule has 6 nitrogen and oxygen atoms in total. The molecule has 1 aliphatic heterocycles. The summed E-state index contributed by atoms with van der Waals surface area (Å²) in [5, 5.41) is 0.903. The first-order valence-corrected chi connectivity index (χ1v) is 9.29. The molecule has 3 rings (SSSR count). The molecular weight excluding hydrogens is 316 g/mol. The largest absolute Gasteiger partial charge is 0.451 e. The second-order valence-corrected chi connectivity index (χ2v) is 8.00. The number of aryl methyl sites for hydroxylation is 1. The number of rotatable bonds is 3. The van der Waals surface area contributed by atoms with E-state index >= 15 is 0 Å². The summed E-state index contributed by atoms with van der Waals surface area (Å²) >= 11 is 0. The second kappa shape index (κ2) is 5.98. The van der Waals surface area contributed by atoms with E-state index in [0.717, 1.165) is 10.9 Å². The van der Waals surface area contributed by atoms with Crippen molar-refractivity contribution < 1.29 is 17.6 Å². The number of sulfonamides is 1. The Hall–Kier alpha value is -1.86. The zero-order valence-corrected chi connectivity index (χ0v) is 14.1. The number of piperazine rings is 1. The number of nitrogens with zero attached hydrogens (tertiary/aromatic N) is 2. The molecule has 2 aromatic rings. The molecule has 0 spiro atoms. The van der Waals surface area contributed by atoms with Crippen LogP contribution in [0.2, 0.25) is 0 Å². The van der Waals surface area contributed by atoms with Crippen LogP contribution in [0.15, 0.2) is 28.7 Å². The Labute approximate surface area is 135 Å². The van der Waals surface area contributed by atoms with Crippen LogP contribution in [-0.2, 0) is 10.0 Å². The first-order valence-electron chi connectivity index (χ1n) is 7.68. The van der Waals surface area contributed by atoms with Gasteiger partial charge in [0.05, 0.1) is 5.75 Å². The maximum Gasteiger partial charge on any atom is 0.289 e. The molecule has 1 aromatic heterocycles. The molecule has 0 atom stereocenters. The summed E-state index contributed by atoms with van der Waals surface area (Å²) in [5.74, 6) is 0.203. The number of amides is 1. The van der Waals surface area contributed by atoms with Gasteiger partial charge in [-0.05, 0) is 32.0 Å². The lowest BCUT2D eigenvalue weighted by molar-refractivity contribution is 0.0668. The molecule has 1 aromatic carbocycles. The molecule has 2 heterocycles. The van der Waals surface area contributed by atoms with E-state index in [1.165, 1.54) is 4.31 Å². The number of carbonyl (C=O) groups excluding carboxylic acids is 1. The predicted octanol–water partition coefficient (Wildman–Crippen LogP) is 1.85. The molecule has 124 valence electrons. The van der Waals surface area contributed by atoms with Gasteiger partial charge in [0, 0.05) is 31.6 Å². The minimum absolute atomic E-state index is 0.0872. The van der Waals surface area contributed by atoms with E-state index in [-0.39, 0.29) is 11.7 Å². The molecule has 1 fully saturated rings. The van der Waals surface area contributed by atoms with Crippen molar-refractivity contribution in [2.45, 2.75) is 13.8 Å². The summed E-state index contributed by atoms with van der Waals surface area (Å²) in [6.45, 7) is 5.05. The molecule has 0 saturated carbocycles. The zero-order valence-electron chi connectivity index (χ0n) is 13.3. The van der Waals surface area contributed by atoms with Crippen molar-refractivity contribution in [2.24, 2.45) is 0 Å². The van der Waals surface area contributed by atoms with E-state index < -0.39 is 10.0 Å². The molecule has 23 heavy (non-hydrogen) atoms. The molecule has 7 heteroatoms. The summed E-state index contributed by atoms with van der Waals surface area (Å²) < 4.78 is 30.8. The minimum atomic E-state index is -3.19.